The number of hydrogen-bond donors (Lipinski definition) is 2. The molecule has 1 amide bonds. The van der Waals surface area contributed by atoms with Gasteiger partial charge >= 0.3 is 0 Å². The Bertz CT molecular complexity index is 466. The Balaban J connectivity index is 2.35. The highest BCUT2D eigenvalue weighted by Gasteiger charge is 2.37. The van der Waals surface area contributed by atoms with E-state index in [0.29, 0.717) is 5.02 Å². The van der Waals surface area contributed by atoms with E-state index < -0.39 is 5.41 Å². The highest BCUT2D eigenvalue weighted by molar-refractivity contribution is 6.30. The molecule has 2 N–H and O–H groups in total. The molecule has 0 aliphatic carbocycles. The van der Waals surface area contributed by atoms with E-state index in [2.05, 4.69) is 10.9 Å². The third-order valence-corrected chi connectivity index (χ3v) is 2.95. The molecule has 1 aromatic rings. The number of hydrogen-bond acceptors (Lipinski definition) is 2. The van der Waals surface area contributed by atoms with Crippen LogP contribution in [0.4, 0.5) is 0 Å². The molecule has 2 rings (SSSR count). The Morgan fingerprint density at radius 3 is 2.62 bits per heavy atom. The van der Waals surface area contributed by atoms with Crippen molar-refractivity contribution in [1.82, 2.24) is 10.9 Å². The Morgan fingerprint density at radius 2 is 2.06 bits per heavy atom. The zero-order chi connectivity index (χ0) is 11.8. The van der Waals surface area contributed by atoms with Gasteiger partial charge < -0.3 is 5.43 Å². The van der Waals surface area contributed by atoms with E-state index in [1.165, 1.54) is 0 Å². The maximum absolute atomic E-state index is 11.5. The van der Waals surface area contributed by atoms with E-state index in [1.54, 1.807) is 0 Å². The van der Waals surface area contributed by atoms with Crippen LogP contribution in [0.1, 0.15) is 19.4 Å². The van der Waals surface area contributed by atoms with Crippen molar-refractivity contribution in [2.45, 2.75) is 13.8 Å². The summed E-state index contributed by atoms with van der Waals surface area (Å²) in [5.41, 5.74) is 6.78. The van der Waals surface area contributed by atoms with E-state index >= 15 is 0 Å². The predicted octanol–water partition coefficient (Wildman–Crippen LogP) is 2.34. The lowest BCUT2D eigenvalue weighted by atomic mass is 9.89. The maximum Gasteiger partial charge on any atom is 0.249 e. The third-order valence-electron chi connectivity index (χ3n) is 2.71. The molecule has 1 aliphatic heterocycles. The zero-order valence-electron chi connectivity index (χ0n) is 9.17. The summed E-state index contributed by atoms with van der Waals surface area (Å²) in [4.78, 5) is 11.5. The molecule has 0 unspecified atom stereocenters. The van der Waals surface area contributed by atoms with Crippen LogP contribution < -0.4 is 10.9 Å². The van der Waals surface area contributed by atoms with Crippen LogP contribution in [0.15, 0.2) is 30.0 Å². The molecule has 16 heavy (non-hydrogen) atoms. The Morgan fingerprint density at radius 1 is 1.31 bits per heavy atom. The van der Waals surface area contributed by atoms with Crippen LogP contribution in [0.25, 0.3) is 6.08 Å². The van der Waals surface area contributed by atoms with Crippen molar-refractivity contribution in [3.05, 3.63) is 40.5 Å². The van der Waals surface area contributed by atoms with Gasteiger partial charge in [-0.05, 0) is 37.6 Å². The predicted molar refractivity (Wildman–Crippen MR) is 64.5 cm³/mol. The number of carbonyl (C=O) groups excluding carboxylic acids is 1. The van der Waals surface area contributed by atoms with Crippen LogP contribution in [0.2, 0.25) is 5.02 Å². The van der Waals surface area contributed by atoms with Gasteiger partial charge in [-0.1, -0.05) is 23.7 Å². The SMILES string of the molecule is CC1(C)C(=O)NN/C1=C\c1cccc(Cl)c1. The molecule has 84 valence electrons. The molecule has 1 aromatic carbocycles. The number of rotatable bonds is 1. The van der Waals surface area contributed by atoms with E-state index in [4.69, 9.17) is 11.6 Å². The second-order valence-corrected chi connectivity index (χ2v) is 4.75. The molecule has 1 aliphatic rings. The van der Waals surface area contributed by atoms with Gasteiger partial charge in [0.05, 0.1) is 5.41 Å². The molecule has 1 heterocycles. The number of benzene rings is 1. The second-order valence-electron chi connectivity index (χ2n) is 4.32. The largest absolute Gasteiger partial charge is 0.302 e. The highest BCUT2D eigenvalue weighted by Crippen LogP contribution is 2.29. The first-order chi connectivity index (χ1) is 7.50. The van der Waals surface area contributed by atoms with Gasteiger partial charge in [0, 0.05) is 10.7 Å². The molecular formula is C12H13ClN2O. The van der Waals surface area contributed by atoms with Gasteiger partial charge in [-0.25, -0.2) is 0 Å². The molecule has 0 atom stereocenters. The summed E-state index contributed by atoms with van der Waals surface area (Å²) >= 11 is 5.90. The second kappa shape index (κ2) is 3.83. The lowest BCUT2D eigenvalue weighted by Crippen LogP contribution is -2.28. The average Bonchev–Trinajstić information content (AvgIpc) is 2.45. The molecule has 0 radical (unpaired) electrons. The molecule has 1 saturated heterocycles. The summed E-state index contributed by atoms with van der Waals surface area (Å²) in [6.45, 7) is 3.75. The van der Waals surface area contributed by atoms with Crippen LogP contribution in [-0.4, -0.2) is 5.91 Å². The number of amides is 1. The van der Waals surface area contributed by atoms with E-state index in [9.17, 15) is 4.79 Å². The van der Waals surface area contributed by atoms with E-state index in [-0.39, 0.29) is 5.91 Å². The quantitative estimate of drug-likeness (QED) is 0.786. The molecule has 0 bridgehead atoms. The fraction of sp³-hybridized carbons (Fsp3) is 0.250. The first-order valence-electron chi connectivity index (χ1n) is 5.04. The van der Waals surface area contributed by atoms with Crippen molar-refractivity contribution in [1.29, 1.82) is 0 Å². The summed E-state index contributed by atoms with van der Waals surface area (Å²) in [6, 6.07) is 7.50. The number of carbonyl (C=O) groups is 1. The summed E-state index contributed by atoms with van der Waals surface area (Å²) in [7, 11) is 0. The smallest absolute Gasteiger partial charge is 0.249 e. The Hall–Kier alpha value is -1.48. The first kappa shape index (κ1) is 11.0. The van der Waals surface area contributed by atoms with Gasteiger partial charge in [-0.2, -0.15) is 0 Å². The van der Waals surface area contributed by atoms with Crippen LogP contribution in [0.3, 0.4) is 0 Å². The number of nitrogens with one attached hydrogen (secondary N) is 2. The molecule has 0 aromatic heterocycles. The lowest BCUT2D eigenvalue weighted by molar-refractivity contribution is -0.125. The minimum atomic E-state index is -0.525. The summed E-state index contributed by atoms with van der Waals surface area (Å²) in [6.07, 6.45) is 1.92. The Kier molecular flexibility index (Phi) is 2.64. The highest BCUT2D eigenvalue weighted by atomic mass is 35.5. The van der Waals surface area contributed by atoms with Crippen molar-refractivity contribution >= 4 is 23.6 Å². The van der Waals surface area contributed by atoms with Crippen LogP contribution in [-0.2, 0) is 4.79 Å². The summed E-state index contributed by atoms with van der Waals surface area (Å²) in [5, 5.41) is 0.685. The topological polar surface area (TPSA) is 41.1 Å². The van der Waals surface area contributed by atoms with Gasteiger partial charge in [0.25, 0.3) is 0 Å². The summed E-state index contributed by atoms with van der Waals surface area (Å²) in [5.74, 6) is -0.0271. The first-order valence-corrected chi connectivity index (χ1v) is 5.42. The standard InChI is InChI=1S/C12H13ClN2O/c1-12(2)10(14-15-11(12)16)7-8-4-3-5-9(13)6-8/h3-7,14H,1-2H3,(H,15,16)/b10-7-. The minimum Gasteiger partial charge on any atom is -0.302 e. The van der Waals surface area contributed by atoms with Crippen molar-refractivity contribution in [3.8, 4) is 0 Å². The molecule has 0 saturated carbocycles. The van der Waals surface area contributed by atoms with Crippen LogP contribution >= 0.6 is 11.6 Å². The molecule has 4 heteroatoms. The van der Waals surface area contributed by atoms with Crippen molar-refractivity contribution in [3.63, 3.8) is 0 Å². The molecule has 0 spiro atoms. The average molecular weight is 237 g/mol. The molecule has 1 fully saturated rings. The van der Waals surface area contributed by atoms with Crippen molar-refractivity contribution in [2.75, 3.05) is 0 Å². The maximum atomic E-state index is 11.5. The van der Waals surface area contributed by atoms with Gasteiger partial charge in [0.1, 0.15) is 0 Å². The van der Waals surface area contributed by atoms with Crippen LogP contribution in [0.5, 0.6) is 0 Å². The van der Waals surface area contributed by atoms with Crippen molar-refractivity contribution < 1.29 is 4.79 Å². The molecule has 3 nitrogen and oxygen atoms in total. The molecular weight excluding hydrogens is 224 g/mol. The van der Waals surface area contributed by atoms with Gasteiger partial charge in [0.2, 0.25) is 5.91 Å². The lowest BCUT2D eigenvalue weighted by Gasteiger charge is -2.14. The van der Waals surface area contributed by atoms with Gasteiger partial charge in [-0.15, -0.1) is 0 Å². The summed E-state index contributed by atoms with van der Waals surface area (Å²) < 4.78 is 0. The Labute approximate surface area is 99.5 Å². The third kappa shape index (κ3) is 1.91. The normalized spacial score (nSPS) is 20.7. The van der Waals surface area contributed by atoms with Crippen LogP contribution in [0, 0.1) is 5.41 Å². The van der Waals surface area contributed by atoms with Crippen molar-refractivity contribution in [2.24, 2.45) is 5.41 Å². The number of hydrazine groups is 1. The fourth-order valence-electron chi connectivity index (χ4n) is 1.54. The fourth-order valence-corrected chi connectivity index (χ4v) is 1.74. The van der Waals surface area contributed by atoms with Gasteiger partial charge in [0.15, 0.2) is 0 Å². The number of halogens is 1. The monoisotopic (exact) mass is 236 g/mol. The van der Waals surface area contributed by atoms with E-state index in [1.807, 2.05) is 44.2 Å². The zero-order valence-corrected chi connectivity index (χ0v) is 9.93. The van der Waals surface area contributed by atoms with Gasteiger partial charge in [-0.3, -0.25) is 10.2 Å². The minimum absolute atomic E-state index is 0.0271. The van der Waals surface area contributed by atoms with E-state index in [0.717, 1.165) is 11.3 Å².